The topological polar surface area (TPSA) is 45.2 Å². The maximum Gasteiger partial charge on any atom is 0.227 e. The number of thiazole rings is 1. The zero-order valence-corrected chi connectivity index (χ0v) is 13.8. The molecule has 1 amide bonds. The smallest absolute Gasteiger partial charge is 0.227 e. The summed E-state index contributed by atoms with van der Waals surface area (Å²) in [6, 6.07) is 0. The molecule has 0 radical (unpaired) electrons. The van der Waals surface area contributed by atoms with Crippen molar-refractivity contribution in [1.29, 1.82) is 0 Å². The van der Waals surface area contributed by atoms with Crippen molar-refractivity contribution in [1.82, 2.24) is 15.2 Å². The first kappa shape index (κ1) is 15.0. The molecule has 3 heterocycles. The number of hydrogen-bond donors (Lipinski definition) is 1. The number of carbonyl (C=O) groups is 1. The maximum atomic E-state index is 12.6. The van der Waals surface area contributed by atoms with E-state index in [0.29, 0.717) is 17.7 Å². The van der Waals surface area contributed by atoms with Crippen LogP contribution in [0.3, 0.4) is 0 Å². The van der Waals surface area contributed by atoms with Crippen LogP contribution in [0.1, 0.15) is 55.6 Å². The molecule has 1 aromatic rings. The normalized spacial score (nSPS) is 26.5. The highest BCUT2D eigenvalue weighted by atomic mass is 32.1. The van der Waals surface area contributed by atoms with Crippen molar-refractivity contribution in [3.8, 4) is 0 Å². The van der Waals surface area contributed by atoms with Crippen LogP contribution < -0.4 is 5.32 Å². The summed E-state index contributed by atoms with van der Waals surface area (Å²) in [6.07, 6.45) is 3.26. The van der Waals surface area contributed by atoms with Crippen LogP contribution in [0.15, 0.2) is 5.38 Å². The SMILES string of the molecule is CC(C)c1csc(C2CCCN(C(=O)C3CCNC3)C2)n1. The van der Waals surface area contributed by atoms with Crippen LogP contribution in [0.5, 0.6) is 0 Å². The fourth-order valence-electron chi connectivity index (χ4n) is 3.26. The van der Waals surface area contributed by atoms with E-state index in [4.69, 9.17) is 4.98 Å². The van der Waals surface area contributed by atoms with E-state index in [2.05, 4.69) is 29.4 Å². The summed E-state index contributed by atoms with van der Waals surface area (Å²) in [6.45, 7) is 7.99. The van der Waals surface area contributed by atoms with Crippen molar-refractivity contribution in [3.63, 3.8) is 0 Å². The number of hydrogen-bond acceptors (Lipinski definition) is 4. The highest BCUT2D eigenvalue weighted by Gasteiger charge is 2.31. The molecule has 1 N–H and O–H groups in total. The van der Waals surface area contributed by atoms with Gasteiger partial charge in [0.05, 0.1) is 16.6 Å². The van der Waals surface area contributed by atoms with Crippen LogP contribution in [0.25, 0.3) is 0 Å². The molecule has 0 aromatic carbocycles. The molecule has 2 fully saturated rings. The summed E-state index contributed by atoms with van der Waals surface area (Å²) in [4.78, 5) is 19.4. The summed E-state index contributed by atoms with van der Waals surface area (Å²) >= 11 is 1.77. The maximum absolute atomic E-state index is 12.6. The zero-order chi connectivity index (χ0) is 14.8. The lowest BCUT2D eigenvalue weighted by atomic mass is 9.96. The number of nitrogens with zero attached hydrogens (tertiary/aromatic N) is 2. The third-order valence-corrected chi connectivity index (χ3v) is 5.65. The average Bonchev–Trinajstić information content (AvgIpc) is 3.18. The fraction of sp³-hybridized carbons (Fsp3) is 0.750. The molecule has 0 aliphatic carbocycles. The number of aromatic nitrogens is 1. The Morgan fingerprint density at radius 1 is 1.48 bits per heavy atom. The minimum Gasteiger partial charge on any atom is -0.342 e. The largest absolute Gasteiger partial charge is 0.342 e. The van der Waals surface area contributed by atoms with Gasteiger partial charge in [0, 0.05) is 30.9 Å². The van der Waals surface area contributed by atoms with Crippen molar-refractivity contribution in [2.75, 3.05) is 26.2 Å². The van der Waals surface area contributed by atoms with Crippen molar-refractivity contribution < 1.29 is 4.79 Å². The molecule has 1 aromatic heterocycles. The Balaban J connectivity index is 1.65. The molecule has 0 bridgehead atoms. The Labute approximate surface area is 130 Å². The van der Waals surface area contributed by atoms with Crippen molar-refractivity contribution >= 4 is 17.2 Å². The molecular weight excluding hydrogens is 282 g/mol. The van der Waals surface area contributed by atoms with Gasteiger partial charge in [-0.1, -0.05) is 13.8 Å². The summed E-state index contributed by atoms with van der Waals surface area (Å²) in [5.74, 6) is 1.48. The van der Waals surface area contributed by atoms with Gasteiger partial charge in [0.1, 0.15) is 0 Å². The second-order valence-corrected chi connectivity index (χ2v) is 7.47. The molecule has 2 atom stereocenters. The Bertz CT molecular complexity index is 493. The highest BCUT2D eigenvalue weighted by Crippen LogP contribution is 2.31. The van der Waals surface area contributed by atoms with E-state index in [0.717, 1.165) is 45.4 Å². The Hall–Kier alpha value is -0.940. The first-order valence-corrected chi connectivity index (χ1v) is 8.98. The molecule has 2 aliphatic heterocycles. The predicted molar refractivity (Wildman–Crippen MR) is 85.7 cm³/mol. The van der Waals surface area contributed by atoms with Crippen molar-refractivity contribution in [3.05, 3.63) is 16.1 Å². The lowest BCUT2D eigenvalue weighted by Crippen LogP contribution is -2.42. The van der Waals surface area contributed by atoms with Gasteiger partial charge in [-0.25, -0.2) is 4.98 Å². The first-order valence-electron chi connectivity index (χ1n) is 8.10. The minimum absolute atomic E-state index is 0.200. The van der Waals surface area contributed by atoms with E-state index in [1.54, 1.807) is 11.3 Å². The second-order valence-electron chi connectivity index (χ2n) is 6.58. The zero-order valence-electron chi connectivity index (χ0n) is 13.0. The van der Waals surface area contributed by atoms with Crippen LogP contribution in [0.4, 0.5) is 0 Å². The van der Waals surface area contributed by atoms with Gasteiger partial charge in [0.2, 0.25) is 5.91 Å². The number of rotatable bonds is 3. The molecule has 0 spiro atoms. The van der Waals surface area contributed by atoms with Crippen LogP contribution >= 0.6 is 11.3 Å². The molecule has 5 heteroatoms. The van der Waals surface area contributed by atoms with Gasteiger partial charge < -0.3 is 10.2 Å². The Morgan fingerprint density at radius 3 is 3.00 bits per heavy atom. The third kappa shape index (κ3) is 3.29. The molecule has 4 nitrogen and oxygen atoms in total. The van der Waals surface area contributed by atoms with Crippen LogP contribution in [-0.2, 0) is 4.79 Å². The standard InChI is InChI=1S/C16H25N3OS/c1-11(2)14-10-21-15(18-14)13-4-3-7-19(9-13)16(20)12-5-6-17-8-12/h10-13,17H,3-9H2,1-2H3. The Kier molecular flexibility index (Phi) is 4.60. The minimum atomic E-state index is 0.200. The summed E-state index contributed by atoms with van der Waals surface area (Å²) in [7, 11) is 0. The lowest BCUT2D eigenvalue weighted by molar-refractivity contribution is -0.136. The number of nitrogens with one attached hydrogen (secondary N) is 1. The number of likely N-dealkylation sites (tertiary alicyclic amines) is 1. The van der Waals surface area contributed by atoms with Gasteiger partial charge in [-0.2, -0.15) is 0 Å². The monoisotopic (exact) mass is 307 g/mol. The van der Waals surface area contributed by atoms with Crippen LogP contribution in [0, 0.1) is 5.92 Å². The fourth-order valence-corrected chi connectivity index (χ4v) is 4.37. The van der Waals surface area contributed by atoms with Gasteiger partial charge in [-0.3, -0.25) is 4.79 Å². The number of amides is 1. The highest BCUT2D eigenvalue weighted by molar-refractivity contribution is 7.09. The molecular formula is C16H25N3OS. The number of carbonyl (C=O) groups excluding carboxylic acids is 1. The molecule has 2 unspecified atom stereocenters. The van der Waals surface area contributed by atoms with Crippen molar-refractivity contribution in [2.24, 2.45) is 5.92 Å². The summed E-state index contributed by atoms with van der Waals surface area (Å²) in [5.41, 5.74) is 1.19. The van der Waals surface area contributed by atoms with Crippen molar-refractivity contribution in [2.45, 2.75) is 44.9 Å². The number of piperidine rings is 1. The van der Waals surface area contributed by atoms with Crippen LogP contribution in [0.2, 0.25) is 0 Å². The van der Waals surface area contributed by atoms with E-state index >= 15 is 0 Å². The molecule has 2 aliphatic rings. The van der Waals surface area contributed by atoms with Gasteiger partial charge in [-0.05, 0) is 31.7 Å². The van der Waals surface area contributed by atoms with E-state index in [-0.39, 0.29) is 5.92 Å². The predicted octanol–water partition coefficient (Wildman–Crippen LogP) is 2.58. The molecule has 3 rings (SSSR count). The average molecular weight is 307 g/mol. The molecule has 2 saturated heterocycles. The third-order valence-electron chi connectivity index (χ3n) is 4.62. The van der Waals surface area contributed by atoms with E-state index in [9.17, 15) is 4.79 Å². The van der Waals surface area contributed by atoms with E-state index < -0.39 is 0 Å². The lowest BCUT2D eigenvalue weighted by Gasteiger charge is -2.33. The summed E-state index contributed by atoms with van der Waals surface area (Å²) in [5, 5.41) is 6.70. The van der Waals surface area contributed by atoms with Gasteiger partial charge in [0.15, 0.2) is 0 Å². The Morgan fingerprint density at radius 2 is 2.33 bits per heavy atom. The quantitative estimate of drug-likeness (QED) is 0.933. The molecule has 0 saturated carbocycles. The van der Waals surface area contributed by atoms with Gasteiger partial charge in [-0.15, -0.1) is 11.3 Å². The van der Waals surface area contributed by atoms with Gasteiger partial charge >= 0.3 is 0 Å². The van der Waals surface area contributed by atoms with E-state index in [1.165, 1.54) is 10.7 Å². The van der Waals surface area contributed by atoms with Crippen LogP contribution in [-0.4, -0.2) is 42.0 Å². The van der Waals surface area contributed by atoms with E-state index in [1.807, 2.05) is 0 Å². The molecule has 116 valence electrons. The van der Waals surface area contributed by atoms with Gasteiger partial charge in [0.25, 0.3) is 0 Å². The molecule has 21 heavy (non-hydrogen) atoms. The second kappa shape index (κ2) is 6.44. The first-order chi connectivity index (χ1) is 10.1. The summed E-state index contributed by atoms with van der Waals surface area (Å²) < 4.78 is 0.